The van der Waals surface area contributed by atoms with E-state index in [1.165, 1.54) is 13.8 Å². The summed E-state index contributed by atoms with van der Waals surface area (Å²) >= 11 is 0.997. The molecule has 7 atom stereocenters. The van der Waals surface area contributed by atoms with Crippen LogP contribution < -0.4 is 16.4 Å². The summed E-state index contributed by atoms with van der Waals surface area (Å²) in [5, 5.41) is 26.1. The fourth-order valence-corrected chi connectivity index (χ4v) is 8.31. The largest absolute Gasteiger partial charge is 0.481 e. The van der Waals surface area contributed by atoms with Crippen LogP contribution in [-0.4, -0.2) is 128 Å². The van der Waals surface area contributed by atoms with E-state index in [9.17, 15) is 57.9 Å². The number of H-pyrrole nitrogens is 1. The van der Waals surface area contributed by atoms with Crippen LogP contribution in [0.5, 0.6) is 0 Å². The molecule has 1 fully saturated rings. The van der Waals surface area contributed by atoms with Crippen LogP contribution in [0.4, 0.5) is 5.82 Å². The average Bonchev–Trinajstić information content (AvgIpc) is 3.84. The van der Waals surface area contributed by atoms with Crippen molar-refractivity contribution in [3.05, 3.63) is 36.7 Å². The number of anilines is 1. The first-order valence-electron chi connectivity index (χ1n) is 15.8. The molecule has 0 saturated carbocycles. The van der Waals surface area contributed by atoms with E-state index in [2.05, 4.69) is 39.4 Å². The van der Waals surface area contributed by atoms with Crippen molar-refractivity contribution in [2.75, 3.05) is 37.8 Å². The maximum atomic E-state index is 12.7. The normalized spacial score (nSPS) is 21.8. The molecule has 4 rings (SSSR count). The molecule has 2 unspecified atom stereocenters. The molecule has 25 nitrogen and oxygen atoms in total. The van der Waals surface area contributed by atoms with Gasteiger partial charge in [-0.2, -0.15) is 4.31 Å². The molecule has 29 heteroatoms. The molecule has 11 N–H and O–H groups in total. The summed E-state index contributed by atoms with van der Waals surface area (Å²) in [7, 11) is -16.4. The molecule has 4 heterocycles. The Bertz CT molecular complexity index is 1960. The summed E-state index contributed by atoms with van der Waals surface area (Å²) in [4.78, 5) is 90.2. The third kappa shape index (κ3) is 12.7. The summed E-state index contributed by atoms with van der Waals surface area (Å²) in [6.07, 6.45) is -5.33. The van der Waals surface area contributed by atoms with Crippen LogP contribution in [0.3, 0.4) is 0 Å². The van der Waals surface area contributed by atoms with Gasteiger partial charge in [0, 0.05) is 36.9 Å². The quantitative estimate of drug-likeness (QED) is 0.0496. The molecule has 3 aromatic heterocycles. The minimum Gasteiger partial charge on any atom is -0.386 e. The van der Waals surface area contributed by atoms with Crippen molar-refractivity contribution in [2.24, 2.45) is 5.41 Å². The van der Waals surface area contributed by atoms with Gasteiger partial charge in [-0.25, -0.2) is 28.6 Å². The fraction of sp³-hybridized carbons (Fsp3) is 0.538. The molecule has 3 aromatic rings. The summed E-state index contributed by atoms with van der Waals surface area (Å²) in [5.74, 6) is -1.18. The molecule has 1 saturated heterocycles. The van der Waals surface area contributed by atoms with Crippen LogP contribution in [-0.2, 0) is 45.9 Å². The third-order valence-corrected chi connectivity index (χ3v) is 11.5. The van der Waals surface area contributed by atoms with Crippen LogP contribution in [0.2, 0.25) is 0 Å². The SMILES string of the molecule is CC(C)(COP(=O)(O)OP(=O)(O)OC[C@H]1O[C@@H](n2cnc3c(N)ncnc32)[C@H](O)[C@@H]1OP(=O)(O)O)[C@@H](O)C(=O)NCCC(=O)NCCSC(=O)c1ccc[nH]1. The van der Waals surface area contributed by atoms with Gasteiger partial charge in [-0.3, -0.25) is 32.5 Å². The second-order valence-electron chi connectivity index (χ2n) is 12.3. The Labute approximate surface area is 315 Å². The summed E-state index contributed by atoms with van der Waals surface area (Å²) < 4.78 is 62.0. The van der Waals surface area contributed by atoms with Crippen molar-refractivity contribution < 1.29 is 80.5 Å². The zero-order valence-electron chi connectivity index (χ0n) is 28.8. The molecule has 1 aliphatic rings. The second kappa shape index (κ2) is 18.4. The predicted molar refractivity (Wildman–Crippen MR) is 187 cm³/mol. The number of nitrogens with zero attached hydrogens (tertiary/aromatic N) is 4. The predicted octanol–water partition coefficient (Wildman–Crippen LogP) is -0.693. The van der Waals surface area contributed by atoms with E-state index in [1.54, 1.807) is 18.3 Å². The Balaban J connectivity index is 1.24. The number of hydrogen-bond donors (Lipinski definition) is 10. The van der Waals surface area contributed by atoms with Gasteiger partial charge >= 0.3 is 23.5 Å². The first kappa shape index (κ1) is 44.6. The molecule has 0 spiro atoms. The minimum atomic E-state index is -5.57. The van der Waals surface area contributed by atoms with Crippen LogP contribution in [0, 0.1) is 5.41 Å². The molecular weight excluding hydrogens is 821 g/mol. The fourth-order valence-electron chi connectivity index (χ4n) is 4.81. The van der Waals surface area contributed by atoms with Gasteiger partial charge in [-0.05, 0) is 12.1 Å². The lowest BCUT2D eigenvalue weighted by atomic mass is 9.87. The topological polar surface area (TPSA) is 379 Å². The molecule has 55 heavy (non-hydrogen) atoms. The monoisotopic (exact) mass is 860 g/mol. The molecule has 0 aliphatic carbocycles. The number of fused-ring (bicyclic) bond motifs is 1. The number of phosphoric acid groups is 3. The molecule has 1 aliphatic heterocycles. The number of aromatic nitrogens is 5. The highest BCUT2D eigenvalue weighted by molar-refractivity contribution is 8.14. The average molecular weight is 861 g/mol. The number of phosphoric ester groups is 3. The number of amides is 2. The highest BCUT2D eigenvalue weighted by atomic mass is 32.2. The summed E-state index contributed by atoms with van der Waals surface area (Å²) in [5.41, 5.74) is 4.67. The maximum absolute atomic E-state index is 12.7. The minimum absolute atomic E-state index is 0.0289. The highest BCUT2D eigenvalue weighted by Gasteiger charge is 2.50. The Morgan fingerprint density at radius 3 is 2.47 bits per heavy atom. The number of hydrogen-bond acceptors (Lipinski definition) is 18. The first-order chi connectivity index (χ1) is 25.6. The number of nitrogen functional groups attached to an aromatic ring is 1. The number of carbonyl (C=O) groups is 3. The Kier molecular flexibility index (Phi) is 14.9. The lowest BCUT2D eigenvalue weighted by Gasteiger charge is -2.30. The number of aliphatic hydroxyl groups excluding tert-OH is 2. The number of nitrogens with one attached hydrogen (secondary N) is 3. The van der Waals surface area contributed by atoms with E-state index in [0.717, 1.165) is 29.0 Å². The molecule has 0 radical (unpaired) electrons. The zero-order chi connectivity index (χ0) is 40.8. The van der Waals surface area contributed by atoms with E-state index < -0.39 is 84.6 Å². The molecule has 2 amide bonds. The molecule has 0 bridgehead atoms. The number of imidazole rings is 1. The van der Waals surface area contributed by atoms with Gasteiger partial charge in [0.2, 0.25) is 16.9 Å². The lowest BCUT2D eigenvalue weighted by Crippen LogP contribution is -2.46. The van der Waals surface area contributed by atoms with Crippen molar-refractivity contribution in [1.82, 2.24) is 35.1 Å². The second-order valence-corrected chi connectivity index (χ2v) is 17.6. The van der Waals surface area contributed by atoms with Crippen molar-refractivity contribution in [3.63, 3.8) is 0 Å². The van der Waals surface area contributed by atoms with Gasteiger partial charge in [0.05, 0.1) is 25.2 Å². The molecular formula is C26H39N8O17P3S. The van der Waals surface area contributed by atoms with Gasteiger partial charge in [-0.1, -0.05) is 25.6 Å². The van der Waals surface area contributed by atoms with Crippen molar-refractivity contribution in [2.45, 2.75) is 50.9 Å². The number of aliphatic hydroxyl groups is 2. The van der Waals surface area contributed by atoms with Crippen molar-refractivity contribution in [3.8, 4) is 0 Å². The number of rotatable bonds is 20. The third-order valence-electron chi connectivity index (χ3n) is 7.55. The number of ether oxygens (including phenoxy) is 1. The summed E-state index contributed by atoms with van der Waals surface area (Å²) in [6, 6.07) is 3.29. The van der Waals surface area contributed by atoms with Crippen LogP contribution in [0.1, 0.15) is 37.0 Å². The number of aromatic amines is 1. The maximum Gasteiger partial charge on any atom is 0.481 e. The van der Waals surface area contributed by atoms with E-state index in [0.29, 0.717) is 11.4 Å². The molecule has 306 valence electrons. The Morgan fingerprint density at radius 1 is 1.09 bits per heavy atom. The van der Waals surface area contributed by atoms with E-state index in [1.807, 2.05) is 0 Å². The van der Waals surface area contributed by atoms with Gasteiger partial charge in [0.1, 0.15) is 36.3 Å². The van der Waals surface area contributed by atoms with Gasteiger partial charge in [-0.15, -0.1) is 0 Å². The number of thioether (sulfide) groups is 1. The standard InChI is InChI=1S/C26H39N8O17P3S/c1-26(2,20(37)23(38)30-7-5-16(35)29-8-9-55-25(39)14-4-3-6-28-14)11-48-54(45,46)51-53(43,44)47-10-15-19(50-52(40,41)42)18(36)24(49-15)34-13-33-17-21(27)31-12-32-22(17)34/h3-4,6,12-13,15,18-20,24,28,36-37H,5,7-11H2,1-2H3,(H,29,35)(H,30,38)(H,43,44)(H,45,46)(H2,27,31,32)(H2,40,41,42)/t15-,18-,19-,20+,24-/m1/s1. The number of nitrogens with two attached hydrogens (primary N) is 1. The van der Waals surface area contributed by atoms with E-state index >= 15 is 0 Å². The first-order valence-corrected chi connectivity index (χ1v) is 21.3. The number of carbonyl (C=O) groups excluding carboxylic acids is 3. The van der Waals surface area contributed by atoms with Gasteiger partial charge in [0.15, 0.2) is 17.7 Å². The molecule has 0 aromatic carbocycles. The van der Waals surface area contributed by atoms with Crippen molar-refractivity contribution >= 4 is 69.1 Å². The Hall–Kier alpha value is -3.16. The van der Waals surface area contributed by atoms with Crippen LogP contribution in [0.15, 0.2) is 31.0 Å². The smallest absolute Gasteiger partial charge is 0.386 e. The summed E-state index contributed by atoms with van der Waals surface area (Å²) in [6.45, 7) is 0.436. The van der Waals surface area contributed by atoms with Crippen LogP contribution in [0.25, 0.3) is 11.2 Å². The lowest BCUT2D eigenvalue weighted by molar-refractivity contribution is -0.137. The Morgan fingerprint density at radius 2 is 1.80 bits per heavy atom. The van der Waals surface area contributed by atoms with E-state index in [4.69, 9.17) is 19.5 Å². The van der Waals surface area contributed by atoms with E-state index in [-0.39, 0.29) is 41.6 Å². The highest BCUT2D eigenvalue weighted by Crippen LogP contribution is 2.61. The van der Waals surface area contributed by atoms with Gasteiger partial charge in [0.25, 0.3) is 0 Å². The zero-order valence-corrected chi connectivity index (χ0v) is 32.3. The van der Waals surface area contributed by atoms with Gasteiger partial charge < -0.3 is 55.9 Å². The van der Waals surface area contributed by atoms with Crippen molar-refractivity contribution in [1.29, 1.82) is 0 Å². The van der Waals surface area contributed by atoms with Crippen LogP contribution >= 0.6 is 35.2 Å².